The van der Waals surface area contributed by atoms with E-state index in [-0.39, 0.29) is 12.7 Å². The van der Waals surface area contributed by atoms with Crippen LogP contribution in [0.1, 0.15) is 13.3 Å². The van der Waals surface area contributed by atoms with Crippen molar-refractivity contribution in [3.05, 3.63) is 0 Å². The van der Waals surface area contributed by atoms with Crippen molar-refractivity contribution in [1.29, 1.82) is 0 Å². The Balaban J connectivity index is 2.51. The number of aliphatic hydroxyl groups is 3. The van der Waals surface area contributed by atoms with Crippen LogP contribution in [0, 0.1) is 0 Å². The summed E-state index contributed by atoms with van der Waals surface area (Å²) in [7, 11) is 0. The van der Waals surface area contributed by atoms with Crippen molar-refractivity contribution in [2.45, 2.75) is 37.8 Å². The molecule has 0 radical (unpaired) electrons. The summed E-state index contributed by atoms with van der Waals surface area (Å²) in [5, 5.41) is 27.1. The lowest BCUT2D eigenvalue weighted by Gasteiger charge is -2.34. The van der Waals surface area contributed by atoms with Gasteiger partial charge in [-0.25, -0.2) is 0 Å². The van der Waals surface area contributed by atoms with Crippen molar-refractivity contribution in [3.8, 4) is 0 Å². The Hall–Kier alpha value is -0.160. The van der Waals surface area contributed by atoms with Crippen LogP contribution in [0.5, 0.6) is 0 Å². The van der Waals surface area contributed by atoms with Crippen LogP contribution in [0.2, 0.25) is 0 Å². The molecule has 1 rings (SSSR count). The Labute approximate surface area is 65.4 Å². The van der Waals surface area contributed by atoms with Gasteiger partial charge >= 0.3 is 0 Å². The second-order valence-electron chi connectivity index (χ2n) is 2.96. The molecular formula is C7H14O4. The number of ether oxygens (including phenoxy) is 1. The average molecular weight is 162 g/mol. The molecule has 0 aromatic carbocycles. The van der Waals surface area contributed by atoms with E-state index < -0.39 is 18.3 Å². The van der Waals surface area contributed by atoms with Crippen LogP contribution in [-0.2, 0) is 4.74 Å². The molecule has 0 bridgehead atoms. The molecule has 4 nitrogen and oxygen atoms in total. The minimum atomic E-state index is -0.948. The monoisotopic (exact) mass is 162 g/mol. The van der Waals surface area contributed by atoms with Crippen LogP contribution >= 0.6 is 0 Å². The van der Waals surface area contributed by atoms with Crippen molar-refractivity contribution in [3.63, 3.8) is 0 Å². The van der Waals surface area contributed by atoms with Crippen LogP contribution in [-0.4, -0.2) is 46.3 Å². The van der Waals surface area contributed by atoms with Gasteiger partial charge in [0.15, 0.2) is 0 Å². The summed E-state index contributed by atoms with van der Waals surface area (Å²) in [4.78, 5) is 0. The maximum atomic E-state index is 9.22. The molecule has 0 saturated carbocycles. The van der Waals surface area contributed by atoms with E-state index in [9.17, 15) is 10.2 Å². The van der Waals surface area contributed by atoms with E-state index in [4.69, 9.17) is 9.84 Å². The smallest absolute Gasteiger partial charge is 0.109 e. The van der Waals surface area contributed by atoms with E-state index in [1.165, 1.54) is 0 Å². The van der Waals surface area contributed by atoms with E-state index in [1.54, 1.807) is 6.92 Å². The minimum Gasteiger partial charge on any atom is -0.394 e. The fourth-order valence-electron chi connectivity index (χ4n) is 1.31. The highest BCUT2D eigenvalue weighted by atomic mass is 16.5. The fourth-order valence-corrected chi connectivity index (χ4v) is 1.31. The molecule has 4 atom stereocenters. The topological polar surface area (TPSA) is 69.9 Å². The lowest BCUT2D eigenvalue weighted by molar-refractivity contribution is -0.174. The zero-order valence-corrected chi connectivity index (χ0v) is 6.47. The first-order valence-corrected chi connectivity index (χ1v) is 3.77. The van der Waals surface area contributed by atoms with Crippen LogP contribution in [0.3, 0.4) is 0 Å². The summed E-state index contributed by atoms with van der Waals surface area (Å²) in [5.74, 6) is 0. The zero-order chi connectivity index (χ0) is 8.43. The molecule has 1 aliphatic rings. The highest BCUT2D eigenvalue weighted by molar-refractivity contribution is 4.83. The van der Waals surface area contributed by atoms with Crippen LogP contribution in [0.4, 0.5) is 0 Å². The van der Waals surface area contributed by atoms with E-state index in [0.717, 1.165) is 0 Å². The molecule has 0 aromatic heterocycles. The molecule has 1 fully saturated rings. The molecular weight excluding hydrogens is 148 g/mol. The summed E-state index contributed by atoms with van der Waals surface area (Å²) in [6, 6.07) is 0. The predicted molar refractivity (Wildman–Crippen MR) is 38.1 cm³/mol. The van der Waals surface area contributed by atoms with Gasteiger partial charge in [0, 0.05) is 6.42 Å². The van der Waals surface area contributed by atoms with Crippen molar-refractivity contribution in [2.24, 2.45) is 0 Å². The fraction of sp³-hybridized carbons (Fsp3) is 1.00. The first kappa shape index (κ1) is 8.93. The molecule has 66 valence electrons. The van der Waals surface area contributed by atoms with Crippen molar-refractivity contribution < 1.29 is 20.1 Å². The molecule has 0 aliphatic carbocycles. The van der Waals surface area contributed by atoms with Gasteiger partial charge in [0.25, 0.3) is 0 Å². The molecule has 2 unspecified atom stereocenters. The van der Waals surface area contributed by atoms with Crippen molar-refractivity contribution in [2.75, 3.05) is 6.61 Å². The maximum absolute atomic E-state index is 9.22. The first-order valence-electron chi connectivity index (χ1n) is 3.77. The highest BCUT2D eigenvalue weighted by Crippen LogP contribution is 2.19. The Kier molecular flexibility index (Phi) is 2.84. The molecule has 0 aromatic rings. The van der Waals surface area contributed by atoms with Crippen LogP contribution in [0.25, 0.3) is 0 Å². The molecule has 1 heterocycles. The van der Waals surface area contributed by atoms with E-state index in [1.807, 2.05) is 0 Å². The van der Waals surface area contributed by atoms with Gasteiger partial charge in [0.05, 0.1) is 18.8 Å². The lowest BCUT2D eigenvalue weighted by atomic mass is 9.99. The van der Waals surface area contributed by atoms with Gasteiger partial charge in [-0.05, 0) is 6.92 Å². The molecule has 11 heavy (non-hydrogen) atoms. The second kappa shape index (κ2) is 3.49. The quantitative estimate of drug-likeness (QED) is 0.456. The van der Waals surface area contributed by atoms with Gasteiger partial charge in [-0.15, -0.1) is 0 Å². The van der Waals surface area contributed by atoms with Gasteiger partial charge in [0.2, 0.25) is 0 Å². The van der Waals surface area contributed by atoms with Gasteiger partial charge in [-0.3, -0.25) is 0 Å². The van der Waals surface area contributed by atoms with Gasteiger partial charge < -0.3 is 20.1 Å². The minimum absolute atomic E-state index is 0.0921. The first-order chi connectivity index (χ1) is 5.15. The summed E-state index contributed by atoms with van der Waals surface area (Å²) in [6.07, 6.45) is -2.01. The van der Waals surface area contributed by atoms with Crippen molar-refractivity contribution >= 4 is 0 Å². The molecule has 0 spiro atoms. The molecule has 0 amide bonds. The predicted octanol–water partition coefficient (Wildman–Crippen LogP) is -1.12. The summed E-state index contributed by atoms with van der Waals surface area (Å²) in [6.45, 7) is 1.56. The third-order valence-electron chi connectivity index (χ3n) is 1.94. The average Bonchev–Trinajstić information content (AvgIpc) is 1.96. The Bertz CT molecular complexity index is 128. The largest absolute Gasteiger partial charge is 0.394 e. The SMILES string of the molecule is CC1CC(O)[C@@H](O)[C@@H](CO)O1. The van der Waals surface area contributed by atoms with Crippen LogP contribution < -0.4 is 0 Å². The normalized spacial score (nSPS) is 45.8. The number of aliphatic hydroxyl groups excluding tert-OH is 3. The van der Waals surface area contributed by atoms with Crippen LogP contribution in [0.15, 0.2) is 0 Å². The summed E-state index contributed by atoms with van der Waals surface area (Å²) < 4.78 is 5.16. The number of rotatable bonds is 1. The van der Waals surface area contributed by atoms with E-state index in [2.05, 4.69) is 0 Å². The number of hydrogen-bond donors (Lipinski definition) is 3. The molecule has 3 N–H and O–H groups in total. The summed E-state index contributed by atoms with van der Waals surface area (Å²) >= 11 is 0. The maximum Gasteiger partial charge on any atom is 0.109 e. The summed E-state index contributed by atoms with van der Waals surface area (Å²) in [5.41, 5.74) is 0. The van der Waals surface area contributed by atoms with Gasteiger partial charge in [-0.1, -0.05) is 0 Å². The molecule has 4 heteroatoms. The second-order valence-corrected chi connectivity index (χ2v) is 2.96. The van der Waals surface area contributed by atoms with Crippen molar-refractivity contribution in [1.82, 2.24) is 0 Å². The highest BCUT2D eigenvalue weighted by Gasteiger charge is 2.34. The zero-order valence-electron chi connectivity index (χ0n) is 6.47. The number of hydrogen-bond acceptors (Lipinski definition) is 4. The standard InChI is InChI=1S/C7H14O4/c1-4-2-5(9)7(10)6(3-8)11-4/h4-10H,2-3H2,1H3/t4?,5?,6-,7-/m1/s1. The third kappa shape index (κ3) is 1.90. The molecule has 1 aliphatic heterocycles. The Morgan fingerprint density at radius 3 is 2.64 bits per heavy atom. The van der Waals surface area contributed by atoms with Gasteiger partial charge in [-0.2, -0.15) is 0 Å². The lowest BCUT2D eigenvalue weighted by Crippen LogP contribution is -2.49. The third-order valence-corrected chi connectivity index (χ3v) is 1.94. The van der Waals surface area contributed by atoms with E-state index in [0.29, 0.717) is 6.42 Å². The molecule has 1 saturated heterocycles. The Morgan fingerprint density at radius 2 is 2.09 bits per heavy atom. The van der Waals surface area contributed by atoms with E-state index >= 15 is 0 Å². The van der Waals surface area contributed by atoms with Gasteiger partial charge in [0.1, 0.15) is 12.2 Å². The Morgan fingerprint density at radius 1 is 1.45 bits per heavy atom.